The van der Waals surface area contributed by atoms with Gasteiger partial charge in [0, 0.05) is 16.3 Å². The topological polar surface area (TPSA) is 40.7 Å². The molecule has 0 spiro atoms. The lowest BCUT2D eigenvalue weighted by Gasteiger charge is -2.04. The molecule has 2 heterocycles. The van der Waals surface area contributed by atoms with Crippen molar-refractivity contribution in [1.29, 1.82) is 0 Å². The maximum atomic E-state index is 4.20. The molecule has 0 bridgehead atoms. The summed E-state index contributed by atoms with van der Waals surface area (Å²) in [6.07, 6.45) is 0. The van der Waals surface area contributed by atoms with Crippen LogP contribution in [-0.4, -0.2) is 10.2 Å². The molecule has 0 amide bonds. The first-order valence-electron chi connectivity index (χ1n) is 6.63. The van der Waals surface area contributed by atoms with Gasteiger partial charge in [0.25, 0.3) is 0 Å². The maximum absolute atomic E-state index is 4.20. The summed E-state index contributed by atoms with van der Waals surface area (Å²) in [4.78, 5) is 2.63. The van der Waals surface area contributed by atoms with Gasteiger partial charge in [0.2, 0.25) is 0 Å². The quantitative estimate of drug-likeness (QED) is 0.746. The molecule has 0 aliphatic carbocycles. The molecule has 2 N–H and O–H groups in total. The van der Waals surface area contributed by atoms with Crippen molar-refractivity contribution in [3.05, 3.63) is 58.7 Å². The predicted octanol–water partition coefficient (Wildman–Crippen LogP) is 4.37. The van der Waals surface area contributed by atoms with Gasteiger partial charge in [-0.05, 0) is 31.5 Å². The minimum absolute atomic E-state index is 0.832. The van der Waals surface area contributed by atoms with Crippen molar-refractivity contribution < 1.29 is 0 Å². The first-order chi connectivity index (χ1) is 9.74. The van der Waals surface area contributed by atoms with Gasteiger partial charge < -0.3 is 5.32 Å². The Kier molecular flexibility index (Phi) is 3.56. The van der Waals surface area contributed by atoms with Crippen LogP contribution in [0.1, 0.15) is 16.3 Å². The number of hydrogen-bond donors (Lipinski definition) is 2. The highest BCUT2D eigenvalue weighted by atomic mass is 32.1. The molecule has 0 fully saturated rings. The lowest BCUT2D eigenvalue weighted by Crippen LogP contribution is -1.99. The van der Waals surface area contributed by atoms with Gasteiger partial charge in [0.05, 0.1) is 17.1 Å². The Balaban J connectivity index is 1.72. The van der Waals surface area contributed by atoms with Crippen LogP contribution in [0.2, 0.25) is 0 Å². The fraction of sp³-hybridized carbons (Fsp3) is 0.188. The molecule has 3 rings (SSSR count). The smallest absolute Gasteiger partial charge is 0.0825 e. The van der Waals surface area contributed by atoms with Gasteiger partial charge in [0.15, 0.2) is 0 Å². The first kappa shape index (κ1) is 12.9. The molecule has 0 radical (unpaired) electrons. The third-order valence-electron chi connectivity index (χ3n) is 3.29. The van der Waals surface area contributed by atoms with Crippen molar-refractivity contribution in [3.63, 3.8) is 0 Å². The number of nitrogens with zero attached hydrogens (tertiary/aromatic N) is 1. The van der Waals surface area contributed by atoms with Gasteiger partial charge >= 0.3 is 0 Å². The van der Waals surface area contributed by atoms with Crippen LogP contribution in [0.15, 0.2) is 42.5 Å². The van der Waals surface area contributed by atoms with Crippen LogP contribution in [-0.2, 0) is 6.54 Å². The molecule has 1 aromatic carbocycles. The van der Waals surface area contributed by atoms with E-state index in [2.05, 4.69) is 51.9 Å². The molecule has 0 saturated carbocycles. The zero-order chi connectivity index (χ0) is 13.9. The van der Waals surface area contributed by atoms with E-state index >= 15 is 0 Å². The van der Waals surface area contributed by atoms with Gasteiger partial charge in [-0.1, -0.05) is 30.3 Å². The lowest BCUT2D eigenvalue weighted by molar-refractivity contribution is 1.02. The minimum Gasteiger partial charge on any atom is -0.377 e. The largest absolute Gasteiger partial charge is 0.377 e. The maximum Gasteiger partial charge on any atom is 0.0825 e. The number of anilines is 1. The summed E-state index contributed by atoms with van der Waals surface area (Å²) in [5, 5.41) is 10.7. The normalized spacial score (nSPS) is 10.7. The highest BCUT2D eigenvalue weighted by Gasteiger charge is 2.07. The number of aromatic amines is 1. The molecule has 0 aliphatic heterocycles. The van der Waals surface area contributed by atoms with Gasteiger partial charge in [-0.25, -0.2) is 0 Å². The zero-order valence-electron chi connectivity index (χ0n) is 11.6. The van der Waals surface area contributed by atoms with E-state index in [9.17, 15) is 0 Å². The second kappa shape index (κ2) is 5.51. The van der Waals surface area contributed by atoms with E-state index in [4.69, 9.17) is 0 Å². The number of rotatable bonds is 4. The molecule has 4 heteroatoms. The van der Waals surface area contributed by atoms with Gasteiger partial charge in [-0.2, -0.15) is 5.10 Å². The summed E-state index contributed by atoms with van der Waals surface area (Å²) in [5.74, 6) is 0. The minimum atomic E-state index is 0.832. The summed E-state index contributed by atoms with van der Waals surface area (Å²) in [7, 11) is 0. The molecule has 3 aromatic rings. The van der Waals surface area contributed by atoms with E-state index in [1.54, 1.807) is 0 Å². The van der Waals surface area contributed by atoms with E-state index in [1.165, 1.54) is 15.3 Å². The summed E-state index contributed by atoms with van der Waals surface area (Å²) in [5.41, 5.74) is 4.49. The fourth-order valence-corrected chi connectivity index (χ4v) is 3.17. The van der Waals surface area contributed by atoms with Crippen molar-refractivity contribution in [3.8, 4) is 10.4 Å². The van der Waals surface area contributed by atoms with Gasteiger partial charge in [-0.3, -0.25) is 5.10 Å². The van der Waals surface area contributed by atoms with Crippen molar-refractivity contribution in [2.24, 2.45) is 0 Å². The Morgan fingerprint density at radius 2 is 1.90 bits per heavy atom. The Morgan fingerprint density at radius 3 is 2.60 bits per heavy atom. The number of hydrogen-bond acceptors (Lipinski definition) is 3. The number of thiophene rings is 1. The molecule has 0 atom stereocenters. The van der Waals surface area contributed by atoms with E-state index in [-0.39, 0.29) is 0 Å². The van der Waals surface area contributed by atoms with Crippen LogP contribution in [0.4, 0.5) is 5.69 Å². The molecule has 0 unspecified atom stereocenters. The molecule has 2 aromatic heterocycles. The molecular weight excluding hydrogens is 266 g/mol. The van der Waals surface area contributed by atoms with Crippen LogP contribution < -0.4 is 5.32 Å². The van der Waals surface area contributed by atoms with Crippen LogP contribution in [0.5, 0.6) is 0 Å². The van der Waals surface area contributed by atoms with Crippen molar-refractivity contribution in [2.45, 2.75) is 20.4 Å². The lowest BCUT2D eigenvalue weighted by atomic mass is 10.2. The number of nitrogens with one attached hydrogen (secondary N) is 2. The highest BCUT2D eigenvalue weighted by Crippen LogP contribution is 2.28. The molecule has 102 valence electrons. The number of aromatic nitrogens is 2. The third-order valence-corrected chi connectivity index (χ3v) is 4.42. The Hall–Kier alpha value is -2.07. The standard InChI is InChI=1S/C16H17N3S/c1-11-16(12(2)19-18-11)17-10-14-8-9-15(20-14)13-6-4-3-5-7-13/h3-9,17H,10H2,1-2H3,(H,18,19). The third kappa shape index (κ3) is 2.60. The molecular formula is C16H17N3S. The van der Waals surface area contributed by atoms with E-state index in [0.29, 0.717) is 0 Å². The van der Waals surface area contributed by atoms with Crippen LogP contribution in [0, 0.1) is 13.8 Å². The predicted molar refractivity (Wildman–Crippen MR) is 85.1 cm³/mol. The summed E-state index contributed by atoms with van der Waals surface area (Å²) in [6.45, 7) is 4.88. The number of aryl methyl sites for hydroxylation is 2. The number of benzene rings is 1. The monoisotopic (exact) mass is 283 g/mol. The molecule has 0 aliphatic rings. The average Bonchev–Trinajstić information content (AvgIpc) is 3.06. The first-order valence-corrected chi connectivity index (χ1v) is 7.45. The summed E-state index contributed by atoms with van der Waals surface area (Å²) < 4.78 is 0. The second-order valence-electron chi connectivity index (χ2n) is 4.79. The molecule has 0 saturated heterocycles. The SMILES string of the molecule is Cc1n[nH]c(C)c1NCc1ccc(-c2ccccc2)s1. The van der Waals surface area contributed by atoms with Crippen LogP contribution in [0.3, 0.4) is 0 Å². The Labute approximate surface area is 122 Å². The molecule has 20 heavy (non-hydrogen) atoms. The van der Waals surface area contributed by atoms with E-state index in [1.807, 2.05) is 31.3 Å². The number of H-pyrrole nitrogens is 1. The Morgan fingerprint density at radius 1 is 1.10 bits per heavy atom. The van der Waals surface area contributed by atoms with Crippen LogP contribution in [0.25, 0.3) is 10.4 Å². The Bertz CT molecular complexity index is 678. The van der Waals surface area contributed by atoms with Crippen molar-refractivity contribution >= 4 is 17.0 Å². The van der Waals surface area contributed by atoms with Crippen molar-refractivity contribution in [2.75, 3.05) is 5.32 Å². The summed E-state index contributed by atoms with van der Waals surface area (Å²) >= 11 is 1.83. The fourth-order valence-electron chi connectivity index (χ4n) is 2.22. The zero-order valence-corrected chi connectivity index (χ0v) is 12.4. The summed E-state index contributed by atoms with van der Waals surface area (Å²) in [6, 6.07) is 14.9. The van der Waals surface area contributed by atoms with Gasteiger partial charge in [-0.15, -0.1) is 11.3 Å². The van der Waals surface area contributed by atoms with Crippen molar-refractivity contribution in [1.82, 2.24) is 10.2 Å². The van der Waals surface area contributed by atoms with Gasteiger partial charge in [0.1, 0.15) is 0 Å². The van der Waals surface area contributed by atoms with E-state index < -0.39 is 0 Å². The molecule has 3 nitrogen and oxygen atoms in total. The van der Waals surface area contributed by atoms with Crippen LogP contribution >= 0.6 is 11.3 Å². The average molecular weight is 283 g/mol. The second-order valence-corrected chi connectivity index (χ2v) is 5.96. The van der Waals surface area contributed by atoms with E-state index in [0.717, 1.165) is 23.6 Å². The highest BCUT2D eigenvalue weighted by molar-refractivity contribution is 7.15.